The van der Waals surface area contributed by atoms with Crippen LogP contribution in [0, 0.1) is 0 Å². The molecule has 0 radical (unpaired) electrons. The maximum Gasteiger partial charge on any atom is 0.335 e. The van der Waals surface area contributed by atoms with Crippen molar-refractivity contribution in [1.82, 2.24) is 0 Å². The summed E-state index contributed by atoms with van der Waals surface area (Å²) in [7, 11) is 1.63. The molecule has 22 heavy (non-hydrogen) atoms. The van der Waals surface area contributed by atoms with Gasteiger partial charge in [0.1, 0.15) is 17.2 Å². The third kappa shape index (κ3) is 2.72. The number of ether oxygens (including phenoxy) is 2. The molecule has 3 rings (SSSR count). The Kier molecular flexibility index (Phi) is 3.66. The van der Waals surface area contributed by atoms with Crippen molar-refractivity contribution in [3.8, 4) is 17.2 Å². The standard InChI is InChI=1S/C18H14O4/c1-21-15-9-10-16-13(11-15)3-2-4-17(16)22-14-7-5-12(6-8-14)18(19)20/h2-11H,1H3,(H,19,20). The SMILES string of the molecule is COc1ccc2c(Oc3ccc(C(=O)O)cc3)cccc2c1. The first kappa shape index (κ1) is 13.9. The summed E-state index contributed by atoms with van der Waals surface area (Å²) in [6.07, 6.45) is 0. The van der Waals surface area contributed by atoms with Crippen molar-refractivity contribution in [2.45, 2.75) is 0 Å². The van der Waals surface area contributed by atoms with Gasteiger partial charge in [-0.15, -0.1) is 0 Å². The zero-order valence-corrected chi connectivity index (χ0v) is 11.9. The molecule has 0 saturated heterocycles. The van der Waals surface area contributed by atoms with Crippen LogP contribution in [0.1, 0.15) is 10.4 Å². The Hall–Kier alpha value is -3.01. The third-order valence-corrected chi connectivity index (χ3v) is 3.38. The molecule has 0 aliphatic heterocycles. The molecule has 1 N–H and O–H groups in total. The average molecular weight is 294 g/mol. The molecule has 0 atom stereocenters. The molecule has 0 unspecified atom stereocenters. The summed E-state index contributed by atoms with van der Waals surface area (Å²) < 4.78 is 11.1. The van der Waals surface area contributed by atoms with Gasteiger partial charge in [0, 0.05) is 5.39 Å². The molecule has 0 aliphatic carbocycles. The molecular weight excluding hydrogens is 280 g/mol. The molecule has 0 amide bonds. The molecule has 4 heteroatoms. The first-order chi connectivity index (χ1) is 10.7. The third-order valence-electron chi connectivity index (χ3n) is 3.38. The van der Waals surface area contributed by atoms with E-state index in [0.29, 0.717) is 11.5 Å². The van der Waals surface area contributed by atoms with Gasteiger partial charge in [0.15, 0.2) is 0 Å². The van der Waals surface area contributed by atoms with Crippen molar-refractivity contribution < 1.29 is 19.4 Å². The van der Waals surface area contributed by atoms with Crippen molar-refractivity contribution in [3.05, 3.63) is 66.2 Å². The van der Waals surface area contributed by atoms with Crippen molar-refractivity contribution in [2.24, 2.45) is 0 Å². The number of aromatic carboxylic acids is 1. The first-order valence-electron chi connectivity index (χ1n) is 6.75. The quantitative estimate of drug-likeness (QED) is 0.777. The normalized spacial score (nSPS) is 10.4. The van der Waals surface area contributed by atoms with E-state index in [0.717, 1.165) is 16.5 Å². The van der Waals surface area contributed by atoms with Crippen LogP contribution in [0.5, 0.6) is 17.2 Å². The van der Waals surface area contributed by atoms with Gasteiger partial charge in [-0.3, -0.25) is 0 Å². The van der Waals surface area contributed by atoms with Crippen LogP contribution >= 0.6 is 0 Å². The summed E-state index contributed by atoms with van der Waals surface area (Å²) in [6, 6.07) is 17.9. The van der Waals surface area contributed by atoms with Crippen molar-refractivity contribution in [1.29, 1.82) is 0 Å². The average Bonchev–Trinajstić information content (AvgIpc) is 2.55. The van der Waals surface area contributed by atoms with Crippen LogP contribution in [0.15, 0.2) is 60.7 Å². The highest BCUT2D eigenvalue weighted by atomic mass is 16.5. The monoisotopic (exact) mass is 294 g/mol. The lowest BCUT2D eigenvalue weighted by Gasteiger charge is -2.10. The van der Waals surface area contributed by atoms with Crippen LogP contribution in [0.3, 0.4) is 0 Å². The minimum atomic E-state index is -0.955. The molecular formula is C18H14O4. The highest BCUT2D eigenvalue weighted by Gasteiger charge is 2.06. The maximum atomic E-state index is 10.9. The summed E-state index contributed by atoms with van der Waals surface area (Å²) in [5.41, 5.74) is 0.231. The van der Waals surface area contributed by atoms with E-state index in [1.54, 1.807) is 19.2 Å². The Morgan fingerprint density at radius 3 is 2.36 bits per heavy atom. The second-order valence-electron chi connectivity index (χ2n) is 4.77. The van der Waals surface area contributed by atoms with Crippen LogP contribution in [-0.4, -0.2) is 18.2 Å². The molecule has 0 bridgehead atoms. The van der Waals surface area contributed by atoms with Crippen LogP contribution in [0.2, 0.25) is 0 Å². The van der Waals surface area contributed by atoms with E-state index in [4.69, 9.17) is 14.6 Å². The van der Waals surface area contributed by atoms with E-state index in [2.05, 4.69) is 0 Å². The van der Waals surface area contributed by atoms with Gasteiger partial charge in [-0.1, -0.05) is 12.1 Å². The van der Waals surface area contributed by atoms with Gasteiger partial charge in [0.05, 0.1) is 12.7 Å². The van der Waals surface area contributed by atoms with E-state index in [1.165, 1.54) is 12.1 Å². The highest BCUT2D eigenvalue weighted by Crippen LogP contribution is 2.32. The van der Waals surface area contributed by atoms with Gasteiger partial charge in [0.2, 0.25) is 0 Å². The van der Waals surface area contributed by atoms with E-state index >= 15 is 0 Å². The predicted molar refractivity (Wildman–Crippen MR) is 84.0 cm³/mol. The molecule has 4 nitrogen and oxygen atoms in total. The van der Waals surface area contributed by atoms with Crippen LogP contribution in [-0.2, 0) is 0 Å². The summed E-state index contributed by atoms with van der Waals surface area (Å²) in [5, 5.41) is 10.9. The number of hydrogen-bond acceptors (Lipinski definition) is 3. The van der Waals surface area contributed by atoms with Gasteiger partial charge >= 0.3 is 5.97 Å². The maximum absolute atomic E-state index is 10.9. The van der Waals surface area contributed by atoms with Gasteiger partial charge in [0.25, 0.3) is 0 Å². The summed E-state index contributed by atoms with van der Waals surface area (Å²) in [4.78, 5) is 10.9. The Morgan fingerprint density at radius 1 is 0.955 bits per heavy atom. The molecule has 0 aliphatic rings. The minimum Gasteiger partial charge on any atom is -0.497 e. The van der Waals surface area contributed by atoms with Crippen molar-refractivity contribution in [2.75, 3.05) is 7.11 Å². The van der Waals surface area contributed by atoms with Gasteiger partial charge < -0.3 is 14.6 Å². The van der Waals surface area contributed by atoms with Gasteiger partial charge in [-0.2, -0.15) is 0 Å². The number of fused-ring (bicyclic) bond motifs is 1. The van der Waals surface area contributed by atoms with E-state index in [1.807, 2.05) is 36.4 Å². The largest absolute Gasteiger partial charge is 0.497 e. The Balaban J connectivity index is 1.94. The summed E-state index contributed by atoms with van der Waals surface area (Å²) in [5.74, 6) is 1.14. The second kappa shape index (κ2) is 5.77. The second-order valence-corrected chi connectivity index (χ2v) is 4.77. The minimum absolute atomic E-state index is 0.231. The number of benzene rings is 3. The van der Waals surface area contributed by atoms with Crippen molar-refractivity contribution >= 4 is 16.7 Å². The van der Waals surface area contributed by atoms with Crippen LogP contribution < -0.4 is 9.47 Å². The van der Waals surface area contributed by atoms with E-state index < -0.39 is 5.97 Å². The van der Waals surface area contributed by atoms with Gasteiger partial charge in [-0.05, 0) is 53.9 Å². The lowest BCUT2D eigenvalue weighted by Crippen LogP contribution is -1.95. The first-order valence-corrected chi connectivity index (χ1v) is 6.75. The Bertz CT molecular complexity index is 822. The molecule has 3 aromatic carbocycles. The topological polar surface area (TPSA) is 55.8 Å². The Labute approximate surface area is 127 Å². The molecule has 110 valence electrons. The predicted octanol–water partition coefficient (Wildman–Crippen LogP) is 4.34. The molecule has 3 aromatic rings. The number of methoxy groups -OCH3 is 1. The molecule has 0 fully saturated rings. The van der Waals surface area contributed by atoms with Crippen LogP contribution in [0.25, 0.3) is 10.8 Å². The molecule has 0 saturated carbocycles. The lowest BCUT2D eigenvalue weighted by molar-refractivity contribution is 0.0697. The zero-order chi connectivity index (χ0) is 15.5. The van der Waals surface area contributed by atoms with Crippen molar-refractivity contribution in [3.63, 3.8) is 0 Å². The lowest BCUT2D eigenvalue weighted by atomic mass is 10.1. The number of rotatable bonds is 4. The smallest absolute Gasteiger partial charge is 0.335 e. The van der Waals surface area contributed by atoms with Gasteiger partial charge in [-0.25, -0.2) is 4.79 Å². The van der Waals surface area contributed by atoms with E-state index in [9.17, 15) is 4.79 Å². The number of carboxylic acids is 1. The number of carbonyl (C=O) groups is 1. The molecule has 0 spiro atoms. The molecule has 0 aromatic heterocycles. The fraction of sp³-hybridized carbons (Fsp3) is 0.0556. The zero-order valence-electron chi connectivity index (χ0n) is 11.9. The van der Waals surface area contributed by atoms with E-state index in [-0.39, 0.29) is 5.56 Å². The van der Waals surface area contributed by atoms with Crippen LogP contribution in [0.4, 0.5) is 0 Å². The fourth-order valence-corrected chi connectivity index (χ4v) is 2.24. The highest BCUT2D eigenvalue weighted by molar-refractivity contribution is 5.90. The Morgan fingerprint density at radius 2 is 1.68 bits per heavy atom. The summed E-state index contributed by atoms with van der Waals surface area (Å²) in [6.45, 7) is 0. The fourth-order valence-electron chi connectivity index (χ4n) is 2.24. The number of hydrogen-bond donors (Lipinski definition) is 1. The number of carboxylic acid groups (broad SMARTS) is 1. The summed E-state index contributed by atoms with van der Waals surface area (Å²) >= 11 is 0. The molecule has 0 heterocycles.